The molecule has 0 saturated carbocycles. The van der Waals surface area contributed by atoms with Gasteiger partial charge in [0.15, 0.2) is 9.34 Å². The van der Waals surface area contributed by atoms with E-state index in [2.05, 4.69) is 55.4 Å². The third kappa shape index (κ3) is 5.75. The van der Waals surface area contributed by atoms with Crippen LogP contribution in [0.4, 0.5) is 10.9 Å². The van der Waals surface area contributed by atoms with Crippen LogP contribution in [0.3, 0.4) is 0 Å². The Hall–Kier alpha value is -2.71. The van der Waals surface area contributed by atoms with E-state index in [1.165, 1.54) is 4.31 Å². The highest BCUT2D eigenvalue weighted by molar-refractivity contribution is 7.91. The number of thiophene rings is 1. The van der Waals surface area contributed by atoms with Crippen LogP contribution in [0, 0.1) is 6.92 Å². The molecule has 4 rings (SSSR count). The zero-order chi connectivity index (χ0) is 26.7. The van der Waals surface area contributed by atoms with Crippen molar-refractivity contribution in [1.82, 2.24) is 24.2 Å². The van der Waals surface area contributed by atoms with Crippen LogP contribution in [0.5, 0.6) is 0 Å². The lowest BCUT2D eigenvalue weighted by Crippen LogP contribution is -2.50. The maximum Gasteiger partial charge on any atom is 0.254 e. The minimum absolute atomic E-state index is 0.0925. The first-order valence-corrected chi connectivity index (χ1v) is 15.0. The van der Waals surface area contributed by atoms with Gasteiger partial charge in [0.2, 0.25) is 6.41 Å². The zero-order valence-electron chi connectivity index (χ0n) is 21.3. The Morgan fingerprint density at radius 1 is 1.27 bits per heavy atom. The number of rotatable bonds is 10. The molecule has 10 nitrogen and oxygen atoms in total. The topological polar surface area (TPSA) is 120 Å². The summed E-state index contributed by atoms with van der Waals surface area (Å²) in [5.41, 5.74) is 4.45. The number of sulfonamides is 1. The van der Waals surface area contributed by atoms with Crippen molar-refractivity contribution < 1.29 is 13.2 Å². The van der Waals surface area contributed by atoms with Crippen LogP contribution in [-0.2, 0) is 14.8 Å². The predicted octanol–water partition coefficient (Wildman–Crippen LogP) is 3.81. The summed E-state index contributed by atoms with van der Waals surface area (Å²) in [6, 6.07) is 0.0925. The first-order chi connectivity index (χ1) is 17.6. The van der Waals surface area contributed by atoms with Gasteiger partial charge in [0, 0.05) is 49.7 Å². The third-order valence-electron chi connectivity index (χ3n) is 6.15. The number of aromatic nitrogens is 3. The lowest BCUT2D eigenvalue weighted by atomic mass is 10.0. The van der Waals surface area contributed by atoms with E-state index < -0.39 is 10.0 Å². The van der Waals surface area contributed by atoms with Crippen LogP contribution < -0.4 is 10.6 Å². The van der Waals surface area contributed by atoms with Gasteiger partial charge in [-0.25, -0.2) is 23.4 Å². The summed E-state index contributed by atoms with van der Waals surface area (Å²) >= 11 is 2.59. The number of anilines is 2. The first kappa shape index (κ1) is 27.3. The Labute approximate surface area is 225 Å². The molecule has 198 valence electrons. The molecule has 3 aromatic rings. The van der Waals surface area contributed by atoms with Gasteiger partial charge in [0.05, 0.1) is 15.9 Å². The van der Waals surface area contributed by atoms with Gasteiger partial charge in [0.1, 0.15) is 12.1 Å². The normalized spacial score (nSPS) is 16.6. The molecule has 4 heterocycles. The molecule has 2 N–H and O–H groups in total. The number of nitrogens with zero attached hydrogens (tertiary/aromatic N) is 5. The molecule has 37 heavy (non-hydrogen) atoms. The molecule has 1 aliphatic heterocycles. The molecule has 1 amide bonds. The van der Waals surface area contributed by atoms with Crippen LogP contribution >= 0.6 is 22.7 Å². The van der Waals surface area contributed by atoms with Gasteiger partial charge in [-0.3, -0.25) is 9.69 Å². The molecule has 0 unspecified atom stereocenters. The number of nitrogens with one attached hydrogen (secondary N) is 2. The Morgan fingerprint density at radius 2 is 2.00 bits per heavy atom. The van der Waals surface area contributed by atoms with Crippen molar-refractivity contribution in [2.75, 3.05) is 43.4 Å². The number of thiazole rings is 1. The van der Waals surface area contributed by atoms with Gasteiger partial charge in [-0.15, -0.1) is 11.3 Å². The Bertz CT molecular complexity index is 1440. The number of fused-ring (bicyclic) bond motifs is 1. The second-order valence-electron chi connectivity index (χ2n) is 8.94. The summed E-state index contributed by atoms with van der Waals surface area (Å²) < 4.78 is 29.0. The molecule has 1 aliphatic rings. The molecule has 0 spiro atoms. The quantitative estimate of drug-likeness (QED) is 0.283. The van der Waals surface area contributed by atoms with Crippen molar-refractivity contribution in [3.8, 4) is 0 Å². The lowest BCUT2D eigenvalue weighted by Gasteiger charge is -2.35. The average molecular weight is 562 g/mol. The van der Waals surface area contributed by atoms with Crippen molar-refractivity contribution in [3.63, 3.8) is 0 Å². The van der Waals surface area contributed by atoms with E-state index in [1.807, 2.05) is 13.8 Å². The number of piperazine rings is 1. The molecular formula is C24H31N7O3S3. The summed E-state index contributed by atoms with van der Waals surface area (Å²) in [4.78, 5) is 26.1. The van der Waals surface area contributed by atoms with Gasteiger partial charge in [0.25, 0.3) is 10.0 Å². The zero-order valence-corrected chi connectivity index (χ0v) is 23.8. The molecule has 0 aromatic carbocycles. The molecule has 3 aromatic heterocycles. The number of allylic oxidation sites excluding steroid dienone is 3. The molecule has 13 heteroatoms. The largest absolute Gasteiger partial charge is 0.365 e. The van der Waals surface area contributed by atoms with Crippen molar-refractivity contribution >= 4 is 65.8 Å². The Morgan fingerprint density at radius 3 is 2.65 bits per heavy atom. The maximum atomic E-state index is 13.2. The van der Waals surface area contributed by atoms with E-state index in [0.29, 0.717) is 38.3 Å². The van der Waals surface area contributed by atoms with Gasteiger partial charge >= 0.3 is 0 Å². The molecule has 1 fully saturated rings. The van der Waals surface area contributed by atoms with Gasteiger partial charge in [-0.1, -0.05) is 29.6 Å². The first-order valence-electron chi connectivity index (χ1n) is 11.9. The summed E-state index contributed by atoms with van der Waals surface area (Å²) in [5.74, 6) is 0.799. The number of aryl methyl sites for hydroxylation is 1. The Balaban J connectivity index is 1.39. The van der Waals surface area contributed by atoms with E-state index in [4.69, 9.17) is 0 Å². The van der Waals surface area contributed by atoms with Crippen molar-refractivity contribution in [2.24, 2.45) is 0 Å². The number of hydrogen-bond acceptors (Lipinski definition) is 10. The van der Waals surface area contributed by atoms with Crippen LogP contribution in [0.1, 0.15) is 32.0 Å². The second kappa shape index (κ2) is 11.4. The number of amides is 1. The minimum Gasteiger partial charge on any atom is -0.365 e. The van der Waals surface area contributed by atoms with Gasteiger partial charge < -0.3 is 10.6 Å². The minimum atomic E-state index is -3.66. The van der Waals surface area contributed by atoms with Crippen LogP contribution in [0.25, 0.3) is 15.8 Å². The highest BCUT2D eigenvalue weighted by atomic mass is 32.2. The summed E-state index contributed by atoms with van der Waals surface area (Å²) in [6.07, 6.45) is 4.13. The van der Waals surface area contributed by atoms with Crippen LogP contribution in [0.2, 0.25) is 0 Å². The summed E-state index contributed by atoms with van der Waals surface area (Å²) in [7, 11) is -3.66. The van der Waals surface area contributed by atoms with Crippen molar-refractivity contribution in [2.45, 2.75) is 37.9 Å². The molecule has 0 bridgehead atoms. The summed E-state index contributed by atoms with van der Waals surface area (Å²) in [5, 5.41) is 8.33. The second-order valence-corrected chi connectivity index (χ2v) is 12.9. The van der Waals surface area contributed by atoms with Crippen molar-refractivity contribution in [3.05, 3.63) is 41.2 Å². The fourth-order valence-electron chi connectivity index (χ4n) is 4.45. The highest BCUT2D eigenvalue weighted by Gasteiger charge is 2.32. The number of carbonyl (C=O) groups is 1. The van der Waals surface area contributed by atoms with Crippen LogP contribution in [-0.4, -0.2) is 77.8 Å². The van der Waals surface area contributed by atoms with E-state index in [9.17, 15) is 13.2 Å². The maximum absolute atomic E-state index is 13.2. The summed E-state index contributed by atoms with van der Waals surface area (Å²) in [6.45, 7) is 14.6. The Kier molecular flexibility index (Phi) is 8.39. The standard InChI is InChI=1S/C24H31N7O3S3/c1-6-18(15(2)3)19-12-35-21-20(19)25-13-26-22(21)28-16(4)11-30-7-9-31(10-8-30)37(33,34)23-17(5)29-24(36-23)27-14-32/h6,12-14,16H,2,7-11H2,1,3-5H3,(H,25,26,28)(H,27,29,32)/t16-/m0/s1. The monoisotopic (exact) mass is 561 g/mol. The molecular weight excluding hydrogens is 531 g/mol. The number of hydrogen-bond donors (Lipinski definition) is 2. The van der Waals surface area contributed by atoms with Crippen molar-refractivity contribution in [1.29, 1.82) is 0 Å². The highest BCUT2D eigenvalue weighted by Crippen LogP contribution is 2.35. The number of carbonyl (C=O) groups excluding carboxylic acids is 1. The van der Waals surface area contributed by atoms with E-state index in [-0.39, 0.29) is 15.4 Å². The van der Waals surface area contributed by atoms with Crippen LogP contribution in [0.15, 0.2) is 34.1 Å². The smallest absolute Gasteiger partial charge is 0.254 e. The molecule has 0 aliphatic carbocycles. The third-order valence-corrected chi connectivity index (χ3v) is 10.7. The fourth-order valence-corrected chi connectivity index (χ4v) is 8.35. The van der Waals surface area contributed by atoms with Gasteiger partial charge in [-0.2, -0.15) is 4.31 Å². The lowest BCUT2D eigenvalue weighted by molar-refractivity contribution is -0.105. The fraction of sp³-hybridized carbons (Fsp3) is 0.417. The van der Waals surface area contributed by atoms with E-state index >= 15 is 0 Å². The molecule has 0 radical (unpaired) electrons. The SMILES string of the molecule is C=C(C)C(=CC)c1csc2c(N[C@@H](C)CN3CCN(S(=O)(=O)c4sc(NC=O)nc4C)CC3)ncnc12. The van der Waals surface area contributed by atoms with E-state index in [0.717, 1.165) is 50.6 Å². The van der Waals surface area contributed by atoms with Gasteiger partial charge in [-0.05, 0) is 33.3 Å². The van der Waals surface area contributed by atoms with E-state index in [1.54, 1.807) is 24.6 Å². The predicted molar refractivity (Wildman–Crippen MR) is 151 cm³/mol. The molecule has 1 atom stereocenters. The molecule has 1 saturated heterocycles. The average Bonchev–Trinajstić information content (AvgIpc) is 3.44.